The molecule has 3 rings (SSSR count). The Hall–Kier alpha value is -2.26. The summed E-state index contributed by atoms with van der Waals surface area (Å²) in [4.78, 5) is 12.1. The molecule has 1 heterocycles. The van der Waals surface area contributed by atoms with Crippen LogP contribution in [-0.2, 0) is 26.1 Å². The van der Waals surface area contributed by atoms with Gasteiger partial charge in [-0.1, -0.05) is 30.3 Å². The molecule has 0 spiro atoms. The van der Waals surface area contributed by atoms with Gasteiger partial charge in [0, 0.05) is 6.54 Å². The molecule has 1 fully saturated rings. The van der Waals surface area contributed by atoms with E-state index in [1.807, 2.05) is 30.3 Å². The Balaban J connectivity index is 1.74. The second-order valence-corrected chi connectivity index (χ2v) is 11.2. The predicted octanol–water partition coefficient (Wildman–Crippen LogP) is 1.76. The fraction of sp³-hybridized carbons (Fsp3) is 0.316. The molecule has 0 aromatic heterocycles. The van der Waals surface area contributed by atoms with Crippen LogP contribution in [-0.4, -0.2) is 46.0 Å². The molecule has 1 amide bonds. The number of halogens is 1. The Morgan fingerprint density at radius 2 is 1.86 bits per heavy atom. The summed E-state index contributed by atoms with van der Waals surface area (Å²) >= 11 is 0. The Labute approximate surface area is 163 Å². The maximum Gasteiger partial charge on any atom is 0.254 e. The smallest absolute Gasteiger partial charge is 0.254 e. The SMILES string of the molecule is O=C(NCCc1ccccc1)c1cc(S(=O)(=O)C2CCS(=O)(=O)C2)ccc1F. The fourth-order valence-corrected chi connectivity index (χ4v) is 7.50. The molecule has 150 valence electrons. The van der Waals surface area contributed by atoms with Crippen molar-refractivity contribution in [3.05, 3.63) is 65.5 Å². The van der Waals surface area contributed by atoms with Crippen LogP contribution in [0.2, 0.25) is 0 Å². The molecule has 1 saturated heterocycles. The average molecular weight is 426 g/mol. The van der Waals surface area contributed by atoms with Crippen LogP contribution >= 0.6 is 0 Å². The number of carbonyl (C=O) groups excluding carboxylic acids is 1. The minimum absolute atomic E-state index is 0.000643. The summed E-state index contributed by atoms with van der Waals surface area (Å²) in [5, 5.41) is 1.51. The van der Waals surface area contributed by atoms with Gasteiger partial charge in [0.2, 0.25) is 0 Å². The zero-order valence-electron chi connectivity index (χ0n) is 15.0. The van der Waals surface area contributed by atoms with Crippen LogP contribution in [0.3, 0.4) is 0 Å². The van der Waals surface area contributed by atoms with Gasteiger partial charge in [0.25, 0.3) is 5.91 Å². The van der Waals surface area contributed by atoms with E-state index in [0.29, 0.717) is 6.42 Å². The quantitative estimate of drug-likeness (QED) is 0.712. The number of hydrogen-bond donors (Lipinski definition) is 1. The molecule has 28 heavy (non-hydrogen) atoms. The highest BCUT2D eigenvalue weighted by Crippen LogP contribution is 2.26. The summed E-state index contributed by atoms with van der Waals surface area (Å²) < 4.78 is 62.7. The summed E-state index contributed by atoms with van der Waals surface area (Å²) in [6.45, 7) is 0.264. The maximum atomic E-state index is 14.1. The molecular formula is C19H20FNO5S2. The molecule has 2 aromatic carbocycles. The summed E-state index contributed by atoms with van der Waals surface area (Å²) in [6.07, 6.45) is 0.548. The highest BCUT2D eigenvalue weighted by atomic mass is 32.2. The third-order valence-electron chi connectivity index (χ3n) is 4.68. The molecule has 1 unspecified atom stereocenters. The van der Waals surface area contributed by atoms with Crippen LogP contribution in [0.5, 0.6) is 0 Å². The highest BCUT2D eigenvalue weighted by molar-refractivity contribution is 7.96. The molecule has 9 heteroatoms. The average Bonchev–Trinajstić information content (AvgIpc) is 3.03. The summed E-state index contributed by atoms with van der Waals surface area (Å²) in [5.41, 5.74) is 0.622. The lowest BCUT2D eigenvalue weighted by Gasteiger charge is -2.12. The summed E-state index contributed by atoms with van der Waals surface area (Å²) in [6, 6.07) is 12.4. The minimum Gasteiger partial charge on any atom is -0.352 e. The first-order chi connectivity index (χ1) is 13.2. The second kappa shape index (κ2) is 8.00. The Kier molecular flexibility index (Phi) is 5.85. The number of rotatable bonds is 6. The van der Waals surface area contributed by atoms with Crippen molar-refractivity contribution < 1.29 is 26.0 Å². The lowest BCUT2D eigenvalue weighted by molar-refractivity contribution is 0.0950. The van der Waals surface area contributed by atoms with Crippen molar-refractivity contribution in [1.29, 1.82) is 0 Å². The van der Waals surface area contributed by atoms with Crippen LogP contribution in [0.25, 0.3) is 0 Å². The predicted molar refractivity (Wildman–Crippen MR) is 103 cm³/mol. The Bertz CT molecular complexity index is 1080. The van der Waals surface area contributed by atoms with Gasteiger partial charge >= 0.3 is 0 Å². The third-order valence-corrected chi connectivity index (χ3v) is 8.85. The van der Waals surface area contributed by atoms with Gasteiger partial charge in [0.15, 0.2) is 19.7 Å². The van der Waals surface area contributed by atoms with Crippen LogP contribution in [0.1, 0.15) is 22.3 Å². The van der Waals surface area contributed by atoms with Gasteiger partial charge in [-0.15, -0.1) is 0 Å². The van der Waals surface area contributed by atoms with E-state index in [-0.39, 0.29) is 29.2 Å². The molecular weight excluding hydrogens is 405 g/mol. The largest absolute Gasteiger partial charge is 0.352 e. The molecule has 1 aliphatic heterocycles. The zero-order valence-corrected chi connectivity index (χ0v) is 16.6. The number of benzene rings is 2. The van der Waals surface area contributed by atoms with Crippen molar-refractivity contribution in [3.8, 4) is 0 Å². The van der Waals surface area contributed by atoms with Crippen molar-refractivity contribution in [2.75, 3.05) is 18.1 Å². The van der Waals surface area contributed by atoms with E-state index in [9.17, 15) is 26.0 Å². The van der Waals surface area contributed by atoms with E-state index < -0.39 is 42.4 Å². The number of sulfone groups is 2. The van der Waals surface area contributed by atoms with Crippen molar-refractivity contribution in [1.82, 2.24) is 5.32 Å². The monoisotopic (exact) mass is 425 g/mol. The van der Waals surface area contributed by atoms with Crippen LogP contribution in [0.4, 0.5) is 4.39 Å². The molecule has 0 bridgehead atoms. The molecule has 2 aromatic rings. The van der Waals surface area contributed by atoms with Crippen molar-refractivity contribution in [2.45, 2.75) is 23.0 Å². The van der Waals surface area contributed by atoms with Gasteiger partial charge in [-0.25, -0.2) is 21.2 Å². The normalized spacial score (nSPS) is 18.7. The minimum atomic E-state index is -3.97. The fourth-order valence-electron chi connectivity index (χ4n) is 3.11. The Morgan fingerprint density at radius 1 is 1.14 bits per heavy atom. The van der Waals surface area contributed by atoms with E-state index in [1.165, 1.54) is 0 Å². The topological polar surface area (TPSA) is 97.4 Å². The molecule has 6 nitrogen and oxygen atoms in total. The highest BCUT2D eigenvalue weighted by Gasteiger charge is 2.38. The van der Waals surface area contributed by atoms with Crippen LogP contribution in [0, 0.1) is 5.82 Å². The van der Waals surface area contributed by atoms with Crippen LogP contribution in [0.15, 0.2) is 53.4 Å². The molecule has 0 radical (unpaired) electrons. The maximum absolute atomic E-state index is 14.1. The van der Waals surface area contributed by atoms with E-state index in [4.69, 9.17) is 0 Å². The first kappa shape index (κ1) is 20.5. The van der Waals surface area contributed by atoms with E-state index in [0.717, 1.165) is 23.8 Å². The third kappa shape index (κ3) is 4.59. The standard InChI is InChI=1S/C19H20FNO5S2/c20-18-7-6-15(28(25,26)16-9-11-27(23,24)13-16)12-17(18)19(22)21-10-8-14-4-2-1-3-5-14/h1-7,12,16H,8-11,13H2,(H,21,22). The molecule has 1 N–H and O–H groups in total. The van der Waals surface area contributed by atoms with Gasteiger partial charge in [-0.05, 0) is 36.6 Å². The lowest BCUT2D eigenvalue weighted by Crippen LogP contribution is -2.27. The van der Waals surface area contributed by atoms with Gasteiger partial charge in [-0.3, -0.25) is 4.79 Å². The number of amides is 1. The van der Waals surface area contributed by atoms with Crippen molar-refractivity contribution in [3.63, 3.8) is 0 Å². The molecule has 1 atom stereocenters. The first-order valence-corrected chi connectivity index (χ1v) is 12.1. The summed E-state index contributed by atoms with van der Waals surface area (Å²) in [5.74, 6) is -2.20. The molecule has 0 saturated carbocycles. The Morgan fingerprint density at radius 3 is 2.50 bits per heavy atom. The molecule has 0 aliphatic carbocycles. The first-order valence-electron chi connectivity index (χ1n) is 8.75. The number of nitrogens with one attached hydrogen (secondary N) is 1. The second-order valence-electron chi connectivity index (χ2n) is 6.70. The summed E-state index contributed by atoms with van der Waals surface area (Å²) in [7, 11) is -7.36. The lowest BCUT2D eigenvalue weighted by atomic mass is 10.1. The van der Waals surface area contributed by atoms with E-state index >= 15 is 0 Å². The van der Waals surface area contributed by atoms with Crippen molar-refractivity contribution in [2.24, 2.45) is 0 Å². The number of carbonyl (C=O) groups is 1. The van der Waals surface area contributed by atoms with Crippen molar-refractivity contribution >= 4 is 25.6 Å². The zero-order chi connectivity index (χ0) is 20.4. The van der Waals surface area contributed by atoms with Gasteiger partial charge in [0.05, 0.1) is 27.2 Å². The van der Waals surface area contributed by atoms with Gasteiger partial charge in [-0.2, -0.15) is 0 Å². The number of hydrogen-bond acceptors (Lipinski definition) is 5. The van der Waals surface area contributed by atoms with Crippen LogP contribution < -0.4 is 5.32 Å². The van der Waals surface area contributed by atoms with Gasteiger partial charge < -0.3 is 5.32 Å². The molecule has 1 aliphatic rings. The van der Waals surface area contributed by atoms with Gasteiger partial charge in [0.1, 0.15) is 5.82 Å². The van der Waals surface area contributed by atoms with E-state index in [2.05, 4.69) is 5.32 Å². The van der Waals surface area contributed by atoms with E-state index in [1.54, 1.807) is 0 Å².